The van der Waals surface area contributed by atoms with Crippen LogP contribution in [-0.4, -0.2) is 50.2 Å². The summed E-state index contributed by atoms with van der Waals surface area (Å²) < 4.78 is 6.28. The maximum atomic E-state index is 11.8. The van der Waals surface area contributed by atoms with Gasteiger partial charge in [0.1, 0.15) is 0 Å². The molecule has 1 N–H and O–H groups in total. The normalized spacial score (nSPS) is 15.4. The van der Waals surface area contributed by atoms with Gasteiger partial charge in [-0.25, -0.2) is 0 Å². The molecule has 112 valence electrons. The molecule has 0 saturated carbocycles. The Labute approximate surface area is 134 Å². The molecule has 0 aliphatic carbocycles. The zero-order valence-corrected chi connectivity index (χ0v) is 13.6. The smallest absolute Gasteiger partial charge is 0.251 e. The standard InChI is InChI=1S/C14H19BrN2O2.ClH/c15-13-4-2-12(3-5-13)14(18)16-6-1-7-17-8-10-19-11-9-17;/h2-5H,1,6-11H2,(H,16,18);1H/p-1. The van der Waals surface area contributed by atoms with Gasteiger partial charge in [-0.15, -0.1) is 0 Å². The molecule has 1 aliphatic heterocycles. The van der Waals surface area contributed by atoms with Crippen LogP contribution in [0.25, 0.3) is 0 Å². The SMILES string of the molecule is O=C(NCCCN1CCOCC1)c1ccc(Br)cc1.[Cl-]. The highest BCUT2D eigenvalue weighted by Gasteiger charge is 2.09. The molecule has 4 nitrogen and oxygen atoms in total. The first-order chi connectivity index (χ1) is 9.25. The Morgan fingerprint density at radius 3 is 2.55 bits per heavy atom. The van der Waals surface area contributed by atoms with Gasteiger partial charge in [0.2, 0.25) is 0 Å². The summed E-state index contributed by atoms with van der Waals surface area (Å²) in [6, 6.07) is 7.40. The summed E-state index contributed by atoms with van der Waals surface area (Å²) in [6.07, 6.45) is 0.974. The Morgan fingerprint density at radius 1 is 1.25 bits per heavy atom. The molecule has 1 aromatic rings. The molecule has 0 bridgehead atoms. The molecular weight excluding hydrogens is 344 g/mol. The monoisotopic (exact) mass is 361 g/mol. The number of carbonyl (C=O) groups excluding carboxylic acids is 1. The Morgan fingerprint density at radius 2 is 1.90 bits per heavy atom. The molecule has 0 aromatic heterocycles. The fourth-order valence-electron chi connectivity index (χ4n) is 2.03. The van der Waals surface area contributed by atoms with Gasteiger partial charge in [-0.3, -0.25) is 9.69 Å². The van der Waals surface area contributed by atoms with E-state index in [0.29, 0.717) is 12.1 Å². The van der Waals surface area contributed by atoms with Crippen molar-refractivity contribution in [2.45, 2.75) is 6.42 Å². The van der Waals surface area contributed by atoms with Gasteiger partial charge < -0.3 is 22.5 Å². The molecular formula is C14H19BrClN2O2-. The molecule has 0 atom stereocenters. The van der Waals surface area contributed by atoms with Gasteiger partial charge in [0.25, 0.3) is 5.91 Å². The van der Waals surface area contributed by atoms with E-state index in [0.717, 1.165) is 43.7 Å². The molecule has 2 rings (SSSR count). The predicted molar refractivity (Wildman–Crippen MR) is 78.4 cm³/mol. The van der Waals surface area contributed by atoms with Crippen LogP contribution in [0.5, 0.6) is 0 Å². The largest absolute Gasteiger partial charge is 1.00 e. The average Bonchev–Trinajstić information content (AvgIpc) is 2.45. The molecule has 6 heteroatoms. The summed E-state index contributed by atoms with van der Waals surface area (Å²) in [5.41, 5.74) is 0.703. The maximum absolute atomic E-state index is 11.8. The van der Waals surface area contributed by atoms with E-state index in [4.69, 9.17) is 4.74 Å². The first-order valence-corrected chi connectivity index (χ1v) is 7.39. The highest BCUT2D eigenvalue weighted by Crippen LogP contribution is 2.10. The topological polar surface area (TPSA) is 41.6 Å². The van der Waals surface area contributed by atoms with E-state index in [2.05, 4.69) is 26.1 Å². The minimum Gasteiger partial charge on any atom is -1.00 e. The predicted octanol–water partition coefficient (Wildman–Crippen LogP) is -1.09. The minimum atomic E-state index is -0.00511. The van der Waals surface area contributed by atoms with Crippen LogP contribution in [0.15, 0.2) is 28.7 Å². The van der Waals surface area contributed by atoms with E-state index in [1.807, 2.05) is 24.3 Å². The Balaban J connectivity index is 0.00000200. The molecule has 1 aromatic carbocycles. The fourth-order valence-corrected chi connectivity index (χ4v) is 2.30. The third kappa shape index (κ3) is 5.79. The highest BCUT2D eigenvalue weighted by molar-refractivity contribution is 9.10. The maximum Gasteiger partial charge on any atom is 0.251 e. The number of nitrogens with one attached hydrogen (secondary N) is 1. The van der Waals surface area contributed by atoms with Crippen molar-refractivity contribution in [1.29, 1.82) is 0 Å². The summed E-state index contributed by atoms with van der Waals surface area (Å²) >= 11 is 3.36. The number of carbonyl (C=O) groups is 1. The highest BCUT2D eigenvalue weighted by atomic mass is 79.9. The number of ether oxygens (including phenoxy) is 1. The van der Waals surface area contributed by atoms with E-state index in [9.17, 15) is 4.79 Å². The van der Waals surface area contributed by atoms with E-state index in [1.54, 1.807) is 0 Å². The van der Waals surface area contributed by atoms with Crippen molar-refractivity contribution in [3.05, 3.63) is 34.3 Å². The van der Waals surface area contributed by atoms with E-state index >= 15 is 0 Å². The summed E-state index contributed by atoms with van der Waals surface area (Å²) in [6.45, 7) is 5.38. The summed E-state index contributed by atoms with van der Waals surface area (Å²) in [5.74, 6) is -0.00511. The first kappa shape index (κ1) is 17.4. The van der Waals surface area contributed by atoms with Crippen molar-refractivity contribution in [2.75, 3.05) is 39.4 Å². The van der Waals surface area contributed by atoms with Gasteiger partial charge in [0.05, 0.1) is 13.2 Å². The lowest BCUT2D eigenvalue weighted by molar-refractivity contribution is -0.0000134. The second-order valence-corrected chi connectivity index (χ2v) is 5.49. The Bertz CT molecular complexity index is 408. The number of halogens is 2. The van der Waals surface area contributed by atoms with Crippen LogP contribution in [0, 0.1) is 0 Å². The van der Waals surface area contributed by atoms with Gasteiger partial charge >= 0.3 is 0 Å². The van der Waals surface area contributed by atoms with Crippen molar-refractivity contribution in [2.24, 2.45) is 0 Å². The molecule has 1 aliphatic rings. The van der Waals surface area contributed by atoms with Crippen molar-refractivity contribution >= 4 is 21.8 Å². The lowest BCUT2D eigenvalue weighted by Crippen LogP contribution is -3.00. The lowest BCUT2D eigenvalue weighted by Gasteiger charge is -2.26. The third-order valence-electron chi connectivity index (χ3n) is 3.15. The Hall–Kier alpha value is -0.620. The van der Waals surface area contributed by atoms with Crippen LogP contribution < -0.4 is 17.7 Å². The summed E-state index contributed by atoms with van der Waals surface area (Å²) in [4.78, 5) is 14.2. The van der Waals surface area contributed by atoms with Crippen molar-refractivity contribution in [1.82, 2.24) is 10.2 Å². The van der Waals surface area contributed by atoms with Crippen molar-refractivity contribution in [3.63, 3.8) is 0 Å². The summed E-state index contributed by atoms with van der Waals surface area (Å²) in [7, 11) is 0. The number of nitrogens with zero attached hydrogens (tertiary/aromatic N) is 1. The molecule has 0 unspecified atom stereocenters. The molecule has 0 spiro atoms. The van der Waals surface area contributed by atoms with Gasteiger partial charge in [0.15, 0.2) is 0 Å². The van der Waals surface area contributed by atoms with Crippen LogP contribution in [0.1, 0.15) is 16.8 Å². The van der Waals surface area contributed by atoms with Crippen molar-refractivity contribution < 1.29 is 21.9 Å². The van der Waals surface area contributed by atoms with Gasteiger partial charge in [-0.2, -0.15) is 0 Å². The van der Waals surface area contributed by atoms with Crippen LogP contribution in [-0.2, 0) is 4.74 Å². The Kier molecular flexibility index (Phi) is 8.14. The molecule has 1 amide bonds. The molecule has 20 heavy (non-hydrogen) atoms. The van der Waals surface area contributed by atoms with Crippen molar-refractivity contribution in [3.8, 4) is 0 Å². The summed E-state index contributed by atoms with van der Waals surface area (Å²) in [5, 5.41) is 2.95. The number of benzene rings is 1. The molecule has 1 fully saturated rings. The van der Waals surface area contributed by atoms with Crippen LogP contribution in [0.4, 0.5) is 0 Å². The molecule has 1 heterocycles. The first-order valence-electron chi connectivity index (χ1n) is 6.59. The van der Waals surface area contributed by atoms with Crippen LogP contribution in [0.2, 0.25) is 0 Å². The second-order valence-electron chi connectivity index (χ2n) is 4.57. The van der Waals surface area contributed by atoms with Crippen LogP contribution >= 0.6 is 15.9 Å². The number of hydrogen-bond donors (Lipinski definition) is 1. The van der Waals surface area contributed by atoms with E-state index in [-0.39, 0.29) is 18.3 Å². The average molecular weight is 363 g/mol. The fraction of sp³-hybridized carbons (Fsp3) is 0.500. The van der Waals surface area contributed by atoms with Crippen LogP contribution in [0.3, 0.4) is 0 Å². The van der Waals surface area contributed by atoms with E-state index in [1.165, 1.54) is 0 Å². The molecule has 0 radical (unpaired) electrons. The number of hydrogen-bond acceptors (Lipinski definition) is 3. The number of amides is 1. The number of morpholine rings is 1. The molecule has 1 saturated heterocycles. The van der Waals surface area contributed by atoms with E-state index < -0.39 is 0 Å². The lowest BCUT2D eigenvalue weighted by atomic mass is 10.2. The zero-order chi connectivity index (χ0) is 13.5. The van der Waals surface area contributed by atoms with Gasteiger partial charge in [-0.1, -0.05) is 15.9 Å². The quantitative estimate of drug-likeness (QED) is 0.677. The minimum absolute atomic E-state index is 0. The van der Waals surface area contributed by atoms with Gasteiger partial charge in [0, 0.05) is 29.7 Å². The number of rotatable bonds is 5. The van der Waals surface area contributed by atoms with Gasteiger partial charge in [-0.05, 0) is 37.2 Å². The second kappa shape index (κ2) is 9.34. The zero-order valence-electron chi connectivity index (χ0n) is 11.3. The third-order valence-corrected chi connectivity index (χ3v) is 3.68.